The molecule has 0 aliphatic rings. The molecule has 0 bridgehead atoms. The van der Waals surface area contributed by atoms with Gasteiger partial charge in [-0.2, -0.15) is 0 Å². The minimum Gasteiger partial charge on any atom is -0.460 e. The van der Waals surface area contributed by atoms with Gasteiger partial charge in [-0.25, -0.2) is 4.79 Å². The van der Waals surface area contributed by atoms with Crippen LogP contribution in [0.15, 0.2) is 12.2 Å². The molecule has 0 fully saturated rings. The maximum atomic E-state index is 11.3. The first kappa shape index (κ1) is 24.3. The van der Waals surface area contributed by atoms with Gasteiger partial charge in [0.2, 0.25) is 0 Å². The van der Waals surface area contributed by atoms with Crippen molar-refractivity contribution in [3.8, 4) is 0 Å². The number of hydrogen-bond donors (Lipinski definition) is 0. The molecule has 0 N–H and O–H groups in total. The van der Waals surface area contributed by atoms with Crippen molar-refractivity contribution in [2.75, 3.05) is 19.8 Å². The van der Waals surface area contributed by atoms with E-state index in [0.717, 1.165) is 0 Å². The third kappa shape index (κ3) is 10.1. The molecule has 0 spiro atoms. The normalized spacial score (nSPS) is 16.2. The topological polar surface area (TPSA) is 54.0 Å². The molecule has 0 aliphatic heterocycles. The van der Waals surface area contributed by atoms with Gasteiger partial charge in [-0.15, -0.1) is 0 Å². The Balaban J connectivity index is 4.05. The van der Waals surface area contributed by atoms with E-state index >= 15 is 0 Å². The van der Waals surface area contributed by atoms with Crippen molar-refractivity contribution in [1.82, 2.24) is 0 Å². The van der Waals surface area contributed by atoms with E-state index in [0.29, 0.717) is 18.8 Å². The Morgan fingerprint density at radius 3 is 1.84 bits per heavy atom. The summed E-state index contributed by atoms with van der Waals surface area (Å²) in [5.41, 5.74) is 0.389. The summed E-state index contributed by atoms with van der Waals surface area (Å²) in [7, 11) is -1.77. The minimum atomic E-state index is -1.77. The molecule has 5 nitrogen and oxygen atoms in total. The predicted molar refractivity (Wildman–Crippen MR) is 104 cm³/mol. The molecule has 0 aromatic carbocycles. The highest BCUT2D eigenvalue weighted by Gasteiger charge is 2.38. The van der Waals surface area contributed by atoms with E-state index in [9.17, 15) is 4.79 Å². The average Bonchev–Trinajstić information content (AvgIpc) is 2.46. The number of rotatable bonds is 11. The van der Waals surface area contributed by atoms with E-state index in [1.54, 1.807) is 6.92 Å². The molecule has 0 rings (SSSR count). The minimum absolute atomic E-state index is 0.0512. The maximum absolute atomic E-state index is 11.3. The molecule has 0 amide bonds. The summed E-state index contributed by atoms with van der Waals surface area (Å²) < 4.78 is 22.8. The predicted octanol–water partition coefficient (Wildman–Crippen LogP) is 4.33. The molecule has 0 aromatic heterocycles. The maximum Gasteiger partial charge on any atom is 0.333 e. The van der Waals surface area contributed by atoms with Gasteiger partial charge in [-0.3, -0.25) is 0 Å². The summed E-state index contributed by atoms with van der Waals surface area (Å²) >= 11 is 0. The molecule has 0 aromatic rings. The molecule has 3 atom stereocenters. The van der Waals surface area contributed by atoms with E-state index in [-0.39, 0.29) is 30.0 Å². The zero-order valence-electron chi connectivity index (χ0n) is 17.6. The standard InChI is InChI=1S/C19H38O5Si/c1-14(2)18(20)23-12-16(4)21-11-15(3)22-13-17(5)24-25(9,10)19(6,7)8/h15-17H,1,11-13H2,2-10H3. The summed E-state index contributed by atoms with van der Waals surface area (Å²) in [5, 5.41) is 0.187. The van der Waals surface area contributed by atoms with Crippen LogP contribution in [0.5, 0.6) is 0 Å². The smallest absolute Gasteiger partial charge is 0.333 e. The highest BCUT2D eigenvalue weighted by Crippen LogP contribution is 2.37. The van der Waals surface area contributed by atoms with Gasteiger partial charge in [0.15, 0.2) is 8.32 Å². The Labute approximate surface area is 155 Å². The molecule has 0 radical (unpaired) electrons. The lowest BCUT2D eigenvalue weighted by Gasteiger charge is -2.38. The summed E-state index contributed by atoms with van der Waals surface area (Å²) in [6.45, 7) is 23.4. The lowest BCUT2D eigenvalue weighted by atomic mass is 10.2. The largest absolute Gasteiger partial charge is 0.460 e. The second-order valence-corrected chi connectivity index (χ2v) is 13.1. The van der Waals surface area contributed by atoms with Gasteiger partial charge in [0.05, 0.1) is 31.5 Å². The van der Waals surface area contributed by atoms with Gasteiger partial charge in [0, 0.05) is 5.57 Å². The fraction of sp³-hybridized carbons (Fsp3) is 0.842. The third-order valence-electron chi connectivity index (χ3n) is 4.33. The average molecular weight is 375 g/mol. The van der Waals surface area contributed by atoms with Crippen molar-refractivity contribution >= 4 is 14.3 Å². The van der Waals surface area contributed by atoms with Crippen LogP contribution in [0.25, 0.3) is 0 Å². The molecular weight excluding hydrogens is 336 g/mol. The highest BCUT2D eigenvalue weighted by atomic mass is 28.4. The van der Waals surface area contributed by atoms with E-state index < -0.39 is 14.3 Å². The van der Waals surface area contributed by atoms with Crippen LogP contribution in [0.3, 0.4) is 0 Å². The molecule has 0 aliphatic carbocycles. The van der Waals surface area contributed by atoms with Crippen LogP contribution in [0.2, 0.25) is 18.1 Å². The second-order valence-electron chi connectivity index (χ2n) is 8.36. The van der Waals surface area contributed by atoms with E-state index in [2.05, 4.69) is 40.4 Å². The lowest BCUT2D eigenvalue weighted by Crippen LogP contribution is -2.44. The molecule has 0 saturated carbocycles. The SMILES string of the molecule is C=C(C)C(=O)OCC(C)OCC(C)OCC(C)O[Si](C)(C)C(C)(C)C. The lowest BCUT2D eigenvalue weighted by molar-refractivity contribution is -0.143. The Bertz CT molecular complexity index is 428. The van der Waals surface area contributed by atoms with Gasteiger partial charge in [-0.05, 0) is 45.8 Å². The Morgan fingerprint density at radius 2 is 1.40 bits per heavy atom. The fourth-order valence-electron chi connectivity index (χ4n) is 1.73. The summed E-state index contributed by atoms with van der Waals surface area (Å²) in [6, 6.07) is 0. The molecule has 25 heavy (non-hydrogen) atoms. The van der Waals surface area contributed by atoms with Crippen molar-refractivity contribution in [2.45, 2.75) is 84.9 Å². The first-order valence-corrected chi connectivity index (χ1v) is 11.9. The van der Waals surface area contributed by atoms with Crippen molar-refractivity contribution in [3.63, 3.8) is 0 Å². The zero-order valence-corrected chi connectivity index (χ0v) is 18.6. The van der Waals surface area contributed by atoms with Crippen LogP contribution in [0.1, 0.15) is 48.5 Å². The van der Waals surface area contributed by atoms with Crippen molar-refractivity contribution in [2.24, 2.45) is 0 Å². The number of esters is 1. The van der Waals surface area contributed by atoms with Crippen LogP contribution < -0.4 is 0 Å². The Kier molecular flexibility index (Phi) is 10.2. The van der Waals surface area contributed by atoms with Gasteiger partial charge >= 0.3 is 5.97 Å². The second kappa shape index (κ2) is 10.5. The van der Waals surface area contributed by atoms with Crippen LogP contribution in [-0.2, 0) is 23.4 Å². The van der Waals surface area contributed by atoms with Crippen LogP contribution in [-0.4, -0.2) is 52.4 Å². The summed E-state index contributed by atoms with van der Waals surface area (Å²) in [5.74, 6) is -0.392. The molecule has 3 unspecified atom stereocenters. The number of carbonyl (C=O) groups excluding carboxylic acids is 1. The zero-order chi connectivity index (χ0) is 19.8. The first-order chi connectivity index (χ1) is 11.3. The number of ether oxygens (including phenoxy) is 3. The molecule has 148 valence electrons. The molecule has 0 heterocycles. The summed E-state index contributed by atoms with van der Waals surface area (Å²) in [6.07, 6.45) is -0.183. The van der Waals surface area contributed by atoms with Crippen molar-refractivity contribution in [3.05, 3.63) is 12.2 Å². The van der Waals surface area contributed by atoms with Gasteiger partial charge < -0.3 is 18.6 Å². The van der Waals surface area contributed by atoms with Gasteiger partial charge in [0.25, 0.3) is 0 Å². The Morgan fingerprint density at radius 1 is 0.960 bits per heavy atom. The van der Waals surface area contributed by atoms with E-state index in [1.807, 2.05) is 20.8 Å². The number of carbonyl (C=O) groups is 1. The van der Waals surface area contributed by atoms with Gasteiger partial charge in [0.1, 0.15) is 6.61 Å². The van der Waals surface area contributed by atoms with Crippen LogP contribution in [0.4, 0.5) is 0 Å². The molecular formula is C19H38O5Si. The Hall–Kier alpha value is -0.693. The monoisotopic (exact) mass is 374 g/mol. The van der Waals surface area contributed by atoms with Crippen molar-refractivity contribution < 1.29 is 23.4 Å². The number of hydrogen-bond acceptors (Lipinski definition) is 5. The van der Waals surface area contributed by atoms with E-state index in [4.69, 9.17) is 18.6 Å². The van der Waals surface area contributed by atoms with Crippen LogP contribution >= 0.6 is 0 Å². The fourth-order valence-corrected chi connectivity index (χ4v) is 3.15. The van der Waals surface area contributed by atoms with Crippen LogP contribution in [0, 0.1) is 0 Å². The third-order valence-corrected chi connectivity index (χ3v) is 8.93. The van der Waals surface area contributed by atoms with Crippen molar-refractivity contribution in [1.29, 1.82) is 0 Å². The first-order valence-electron chi connectivity index (χ1n) is 9.00. The van der Waals surface area contributed by atoms with Gasteiger partial charge in [-0.1, -0.05) is 27.4 Å². The molecule has 6 heteroatoms. The highest BCUT2D eigenvalue weighted by molar-refractivity contribution is 6.74. The summed E-state index contributed by atoms with van der Waals surface area (Å²) in [4.78, 5) is 11.3. The van der Waals surface area contributed by atoms with E-state index in [1.165, 1.54) is 0 Å². The quantitative estimate of drug-likeness (QED) is 0.306. The molecule has 0 saturated heterocycles.